The van der Waals surface area contributed by atoms with Crippen molar-refractivity contribution in [3.63, 3.8) is 0 Å². The number of fused-ring (bicyclic) bond motifs is 1. The molecule has 0 aromatic carbocycles. The van der Waals surface area contributed by atoms with E-state index in [0.29, 0.717) is 13.0 Å². The van der Waals surface area contributed by atoms with Crippen LogP contribution in [-0.4, -0.2) is 37.4 Å². The first-order chi connectivity index (χ1) is 12.2. The summed E-state index contributed by atoms with van der Waals surface area (Å²) in [4.78, 5) is 29.7. The maximum absolute atomic E-state index is 12.8. The van der Waals surface area contributed by atoms with Crippen LogP contribution in [0, 0.1) is 0 Å². The molecule has 0 radical (unpaired) electrons. The van der Waals surface area contributed by atoms with Crippen LogP contribution in [0.2, 0.25) is 5.28 Å². The maximum Gasteiger partial charge on any atom is 0.332 e. The van der Waals surface area contributed by atoms with Crippen LogP contribution in [0.15, 0.2) is 22.2 Å². The molecule has 0 fully saturated rings. The lowest BCUT2D eigenvalue weighted by Crippen LogP contribution is -2.40. The highest BCUT2D eigenvalue weighted by atomic mass is 35.5. The van der Waals surface area contributed by atoms with Crippen LogP contribution in [0.3, 0.4) is 0 Å². The van der Waals surface area contributed by atoms with Crippen molar-refractivity contribution in [3.8, 4) is 0 Å². The van der Waals surface area contributed by atoms with Gasteiger partial charge in [0.2, 0.25) is 5.28 Å². The lowest BCUT2D eigenvalue weighted by atomic mass is 10.3. The molecule has 0 atom stereocenters. The highest BCUT2D eigenvalue weighted by Gasteiger charge is 2.20. The summed E-state index contributed by atoms with van der Waals surface area (Å²) in [6.07, 6.45) is 2.60. The van der Waals surface area contributed by atoms with E-state index in [9.17, 15) is 18.0 Å². The van der Waals surface area contributed by atoms with Crippen LogP contribution in [0.1, 0.15) is 26.2 Å². The first-order valence-electron chi connectivity index (χ1n) is 8.16. The molecule has 0 bridgehead atoms. The summed E-state index contributed by atoms with van der Waals surface area (Å²) in [5.74, 6) is -0.423. The molecule has 1 N–H and O–H groups in total. The number of hydrogen-bond donors (Lipinski definition) is 1. The highest BCUT2D eigenvalue weighted by molar-refractivity contribution is 7.85. The smallest absolute Gasteiger partial charge is 0.305 e. The molecule has 144 valence electrons. The highest BCUT2D eigenvalue weighted by Crippen LogP contribution is 2.16. The summed E-state index contributed by atoms with van der Waals surface area (Å²) >= 11 is 6.12. The Bertz CT molecular complexity index is 1030. The second-order valence-corrected chi connectivity index (χ2v) is 7.75. The van der Waals surface area contributed by atoms with Gasteiger partial charge in [0.25, 0.3) is 15.7 Å². The summed E-state index contributed by atoms with van der Waals surface area (Å²) in [7, 11) is -4.07. The van der Waals surface area contributed by atoms with Gasteiger partial charge >= 0.3 is 5.69 Å². The predicted molar refractivity (Wildman–Crippen MR) is 99.4 cm³/mol. The van der Waals surface area contributed by atoms with Crippen LogP contribution in [-0.2, 0) is 29.8 Å². The van der Waals surface area contributed by atoms with Crippen molar-refractivity contribution >= 4 is 32.9 Å². The van der Waals surface area contributed by atoms with Gasteiger partial charge < -0.3 is 4.57 Å². The zero-order valence-corrected chi connectivity index (χ0v) is 16.0. The monoisotopic (exact) mass is 404 g/mol. The first kappa shape index (κ1) is 20.4. The molecular weight excluding hydrogens is 384 g/mol. The van der Waals surface area contributed by atoms with Gasteiger partial charge in [-0.15, -0.1) is 6.58 Å². The van der Waals surface area contributed by atoms with Gasteiger partial charge in [0.05, 0.1) is 5.75 Å². The predicted octanol–water partition coefficient (Wildman–Crippen LogP) is 1.28. The summed E-state index contributed by atoms with van der Waals surface area (Å²) in [5.41, 5.74) is -0.623. The van der Waals surface area contributed by atoms with Crippen molar-refractivity contribution in [2.24, 2.45) is 0 Å². The van der Waals surface area contributed by atoms with Crippen LogP contribution < -0.4 is 11.2 Å². The minimum absolute atomic E-state index is 0.0315. The fourth-order valence-corrected chi connectivity index (χ4v) is 3.54. The van der Waals surface area contributed by atoms with Crippen LogP contribution in [0.5, 0.6) is 0 Å². The number of nitrogens with zero attached hydrogens (tertiary/aromatic N) is 4. The van der Waals surface area contributed by atoms with Gasteiger partial charge in [-0.1, -0.05) is 13.0 Å². The van der Waals surface area contributed by atoms with Crippen molar-refractivity contribution in [1.82, 2.24) is 18.7 Å². The summed E-state index contributed by atoms with van der Waals surface area (Å²) < 4.78 is 34.3. The number of rotatable bonds is 9. The molecule has 0 aliphatic heterocycles. The summed E-state index contributed by atoms with van der Waals surface area (Å²) in [5, 5.41) is 0.0883. The van der Waals surface area contributed by atoms with Gasteiger partial charge in [0.15, 0.2) is 11.2 Å². The Morgan fingerprint density at radius 3 is 2.46 bits per heavy atom. The van der Waals surface area contributed by atoms with Gasteiger partial charge in [-0.25, -0.2) is 4.79 Å². The lowest BCUT2D eigenvalue weighted by Gasteiger charge is -2.11. The Hall–Kier alpha value is -1.91. The standard InChI is InChI=1S/C15H21ClN4O5S/c1-3-7-18-11-12(17-14(18)16)19(8-4-2)15(22)20(13(11)21)9-5-6-10-26(23,24)25/h3H,1,4-10H2,2H3,(H,23,24,25). The minimum Gasteiger partial charge on any atom is -0.305 e. The molecule has 2 aromatic rings. The third-order valence-electron chi connectivity index (χ3n) is 3.86. The Balaban J connectivity index is 2.55. The Labute approximate surface area is 155 Å². The van der Waals surface area contributed by atoms with Gasteiger partial charge in [0, 0.05) is 19.6 Å². The van der Waals surface area contributed by atoms with E-state index < -0.39 is 27.1 Å². The SMILES string of the molecule is C=CCn1c(Cl)nc2c1c(=O)n(CCCCS(=O)(=O)O)c(=O)n2CCC. The fraction of sp³-hybridized carbons (Fsp3) is 0.533. The molecule has 0 aliphatic carbocycles. The quantitative estimate of drug-likeness (QED) is 0.291. The van der Waals surface area contributed by atoms with E-state index >= 15 is 0 Å². The molecule has 0 amide bonds. The molecule has 26 heavy (non-hydrogen) atoms. The van der Waals surface area contributed by atoms with Crippen LogP contribution >= 0.6 is 11.6 Å². The number of imidazole rings is 1. The van der Waals surface area contributed by atoms with E-state index in [0.717, 1.165) is 4.57 Å². The number of aromatic nitrogens is 4. The van der Waals surface area contributed by atoms with E-state index in [2.05, 4.69) is 11.6 Å². The summed E-state index contributed by atoms with van der Waals surface area (Å²) in [6, 6.07) is 0. The second kappa shape index (κ2) is 8.19. The topological polar surface area (TPSA) is 116 Å². The minimum atomic E-state index is -4.07. The zero-order valence-electron chi connectivity index (χ0n) is 14.4. The van der Waals surface area contributed by atoms with Crippen molar-refractivity contribution < 1.29 is 13.0 Å². The fourth-order valence-electron chi connectivity index (χ4n) is 2.74. The second-order valence-electron chi connectivity index (χ2n) is 5.84. The van der Waals surface area contributed by atoms with Crippen molar-refractivity contribution in [3.05, 3.63) is 38.8 Å². The van der Waals surface area contributed by atoms with Gasteiger partial charge in [-0.3, -0.25) is 18.5 Å². The molecule has 0 unspecified atom stereocenters. The number of unbranched alkanes of at least 4 members (excludes halogenated alkanes) is 1. The molecule has 2 rings (SSSR count). The van der Waals surface area contributed by atoms with Crippen molar-refractivity contribution in [1.29, 1.82) is 0 Å². The van der Waals surface area contributed by atoms with E-state index in [1.54, 1.807) is 6.08 Å². The van der Waals surface area contributed by atoms with E-state index in [1.807, 2.05) is 6.92 Å². The van der Waals surface area contributed by atoms with Gasteiger partial charge in [0.1, 0.15) is 0 Å². The molecule has 2 aromatic heterocycles. The van der Waals surface area contributed by atoms with Crippen LogP contribution in [0.4, 0.5) is 0 Å². The largest absolute Gasteiger partial charge is 0.332 e. The molecule has 0 spiro atoms. The van der Waals surface area contributed by atoms with E-state index in [-0.39, 0.29) is 42.4 Å². The van der Waals surface area contributed by atoms with Crippen molar-refractivity contribution in [2.45, 2.75) is 45.8 Å². The Kier molecular flexibility index (Phi) is 6.43. The Morgan fingerprint density at radius 2 is 1.88 bits per heavy atom. The summed E-state index contributed by atoms with van der Waals surface area (Å²) in [6.45, 7) is 6.18. The van der Waals surface area contributed by atoms with Gasteiger partial charge in [-0.05, 0) is 30.9 Å². The number of aryl methyl sites for hydroxylation is 1. The molecule has 0 saturated carbocycles. The molecule has 11 heteroatoms. The first-order valence-corrected chi connectivity index (χ1v) is 10.2. The van der Waals surface area contributed by atoms with E-state index in [4.69, 9.17) is 16.2 Å². The average molecular weight is 405 g/mol. The zero-order chi connectivity index (χ0) is 19.5. The van der Waals surface area contributed by atoms with Crippen molar-refractivity contribution in [2.75, 3.05) is 5.75 Å². The third kappa shape index (κ3) is 4.25. The number of hydrogen-bond acceptors (Lipinski definition) is 5. The van der Waals surface area contributed by atoms with Crippen LogP contribution in [0.25, 0.3) is 11.2 Å². The average Bonchev–Trinajstić information content (AvgIpc) is 2.87. The normalized spacial score (nSPS) is 12.0. The third-order valence-corrected chi connectivity index (χ3v) is 4.95. The number of allylic oxidation sites excluding steroid dienone is 1. The Morgan fingerprint density at radius 1 is 1.19 bits per heavy atom. The van der Waals surface area contributed by atoms with E-state index in [1.165, 1.54) is 9.13 Å². The molecular formula is C15H21ClN4O5S. The lowest BCUT2D eigenvalue weighted by molar-refractivity contribution is 0.476. The molecule has 0 aliphatic rings. The maximum atomic E-state index is 12.8. The molecule has 9 nitrogen and oxygen atoms in total. The molecule has 2 heterocycles. The van der Waals surface area contributed by atoms with Gasteiger partial charge in [-0.2, -0.15) is 13.4 Å². The molecule has 0 saturated heterocycles. The number of halogens is 1.